The van der Waals surface area contributed by atoms with Crippen LogP contribution in [0, 0.1) is 0 Å². The average molecular weight is 507 g/mol. The van der Waals surface area contributed by atoms with Crippen LogP contribution in [0.2, 0.25) is 5.02 Å². The van der Waals surface area contributed by atoms with Gasteiger partial charge in [0.25, 0.3) is 5.56 Å². The second-order valence-electron chi connectivity index (χ2n) is 8.60. The van der Waals surface area contributed by atoms with Crippen LogP contribution in [0.5, 0.6) is 11.5 Å². The molecule has 4 aromatic rings. The molecule has 0 saturated carbocycles. The fourth-order valence-electron chi connectivity index (χ4n) is 3.89. The van der Waals surface area contributed by atoms with Crippen molar-refractivity contribution in [1.29, 1.82) is 0 Å². The van der Waals surface area contributed by atoms with E-state index in [2.05, 4.69) is 10.4 Å². The number of ether oxygens (including phenoxy) is 1. The van der Waals surface area contributed by atoms with E-state index in [9.17, 15) is 14.7 Å². The largest absolute Gasteiger partial charge is 0.506 e. The Hall–Kier alpha value is -4.04. The smallest absolute Gasteiger partial charge is 0.275 e. The first-order valence-electron chi connectivity index (χ1n) is 11.4. The van der Waals surface area contributed by atoms with E-state index in [1.54, 1.807) is 62.6 Å². The highest BCUT2D eigenvalue weighted by molar-refractivity contribution is 6.30. The van der Waals surface area contributed by atoms with Gasteiger partial charge in [0, 0.05) is 41.8 Å². The van der Waals surface area contributed by atoms with Gasteiger partial charge in [-0.05, 0) is 56.3 Å². The number of aromatic hydroxyl groups is 1. The van der Waals surface area contributed by atoms with Crippen LogP contribution in [0.3, 0.4) is 0 Å². The lowest BCUT2D eigenvalue weighted by Gasteiger charge is -2.19. The number of fused-ring (bicyclic) bond motifs is 1. The van der Waals surface area contributed by atoms with Gasteiger partial charge in [0.1, 0.15) is 18.0 Å². The molecule has 0 atom stereocenters. The third-order valence-corrected chi connectivity index (χ3v) is 5.93. The van der Waals surface area contributed by atoms with Crippen LogP contribution in [0.25, 0.3) is 22.0 Å². The first kappa shape index (κ1) is 25.1. The van der Waals surface area contributed by atoms with Gasteiger partial charge in [-0.3, -0.25) is 9.59 Å². The minimum Gasteiger partial charge on any atom is -0.506 e. The fraction of sp³-hybridized carbons (Fsp3) is 0.222. The van der Waals surface area contributed by atoms with Gasteiger partial charge in [0.15, 0.2) is 0 Å². The van der Waals surface area contributed by atoms with Crippen molar-refractivity contribution in [1.82, 2.24) is 9.78 Å². The van der Waals surface area contributed by atoms with Gasteiger partial charge < -0.3 is 20.1 Å². The second kappa shape index (κ2) is 10.3. The first-order chi connectivity index (χ1) is 17.2. The van der Waals surface area contributed by atoms with Crippen LogP contribution in [0.4, 0.5) is 11.4 Å². The third-order valence-electron chi connectivity index (χ3n) is 5.70. The molecule has 36 heavy (non-hydrogen) atoms. The minimum atomic E-state index is -0.417. The molecule has 0 aliphatic heterocycles. The zero-order chi connectivity index (χ0) is 26.0. The number of rotatable bonds is 7. The first-order valence-corrected chi connectivity index (χ1v) is 11.8. The summed E-state index contributed by atoms with van der Waals surface area (Å²) in [5.74, 6) is 0.177. The standard InChI is InChI=1S/C27H27ClN4O4/c1-16(2)36-20-9-10-21-22(14-20)27(35)32(30-26(21)17-6-5-7-18(28)12-17)15-25(34)31(4)19-8-11-23(29-3)24(33)13-19/h5-14,16,29,33H,15H2,1-4H3. The van der Waals surface area contributed by atoms with E-state index in [1.165, 1.54) is 11.0 Å². The van der Waals surface area contributed by atoms with Crippen molar-refractivity contribution >= 4 is 39.7 Å². The summed E-state index contributed by atoms with van der Waals surface area (Å²) in [6, 6.07) is 17.3. The van der Waals surface area contributed by atoms with E-state index in [-0.39, 0.29) is 24.3 Å². The van der Waals surface area contributed by atoms with Crippen molar-refractivity contribution in [3.05, 3.63) is 76.0 Å². The maximum atomic E-state index is 13.4. The lowest BCUT2D eigenvalue weighted by atomic mass is 10.0. The predicted octanol–water partition coefficient (Wildman–Crippen LogP) is 4.91. The lowest BCUT2D eigenvalue weighted by Crippen LogP contribution is -2.35. The van der Waals surface area contributed by atoms with Crippen molar-refractivity contribution in [2.75, 3.05) is 24.3 Å². The highest BCUT2D eigenvalue weighted by Gasteiger charge is 2.19. The molecular formula is C27H27ClN4O4. The Morgan fingerprint density at radius 1 is 1.14 bits per heavy atom. The van der Waals surface area contributed by atoms with E-state index in [0.717, 1.165) is 4.68 Å². The Bertz CT molecular complexity index is 1500. The monoisotopic (exact) mass is 506 g/mol. The summed E-state index contributed by atoms with van der Waals surface area (Å²) in [6.45, 7) is 3.51. The number of hydrogen-bond acceptors (Lipinski definition) is 6. The molecule has 4 rings (SSSR count). The Morgan fingerprint density at radius 3 is 2.58 bits per heavy atom. The molecule has 0 spiro atoms. The molecule has 186 valence electrons. The number of halogens is 1. The van der Waals surface area contributed by atoms with E-state index < -0.39 is 5.56 Å². The number of phenols is 1. The highest BCUT2D eigenvalue weighted by Crippen LogP contribution is 2.30. The number of hydrogen-bond donors (Lipinski definition) is 2. The quantitative estimate of drug-likeness (QED) is 0.345. The molecule has 0 unspecified atom stereocenters. The molecule has 8 nitrogen and oxygen atoms in total. The van der Waals surface area contributed by atoms with Crippen molar-refractivity contribution in [2.24, 2.45) is 0 Å². The van der Waals surface area contributed by atoms with E-state index >= 15 is 0 Å². The number of anilines is 2. The van der Waals surface area contributed by atoms with Gasteiger partial charge in [-0.2, -0.15) is 5.10 Å². The number of aromatic nitrogens is 2. The number of phenolic OH excluding ortho intramolecular Hbond substituents is 1. The summed E-state index contributed by atoms with van der Waals surface area (Å²) in [7, 11) is 3.27. The summed E-state index contributed by atoms with van der Waals surface area (Å²) in [6.07, 6.45) is -0.0696. The number of nitrogens with zero attached hydrogens (tertiary/aromatic N) is 3. The summed E-state index contributed by atoms with van der Waals surface area (Å²) < 4.78 is 6.95. The highest BCUT2D eigenvalue weighted by atomic mass is 35.5. The Kier molecular flexibility index (Phi) is 7.17. The third kappa shape index (κ3) is 5.13. The van der Waals surface area contributed by atoms with Crippen LogP contribution in [-0.2, 0) is 11.3 Å². The SMILES string of the molecule is CNc1ccc(N(C)C(=O)Cn2nc(-c3cccc(Cl)c3)c3ccc(OC(C)C)cc3c2=O)cc1O. The zero-order valence-corrected chi connectivity index (χ0v) is 21.2. The molecule has 0 radical (unpaired) electrons. The van der Waals surface area contributed by atoms with Crippen LogP contribution in [0.1, 0.15) is 13.8 Å². The normalized spacial score (nSPS) is 11.1. The topological polar surface area (TPSA) is 96.7 Å². The molecule has 2 N–H and O–H groups in total. The summed E-state index contributed by atoms with van der Waals surface area (Å²) in [4.78, 5) is 28.0. The summed E-state index contributed by atoms with van der Waals surface area (Å²) >= 11 is 6.23. The number of nitrogens with one attached hydrogen (secondary N) is 1. The van der Waals surface area contributed by atoms with Crippen LogP contribution in [-0.4, -0.2) is 41.0 Å². The fourth-order valence-corrected chi connectivity index (χ4v) is 4.08. The molecule has 1 aromatic heterocycles. The van der Waals surface area contributed by atoms with Gasteiger partial charge >= 0.3 is 0 Å². The molecular weight excluding hydrogens is 480 g/mol. The number of carbonyl (C=O) groups is 1. The Balaban J connectivity index is 1.79. The van der Waals surface area contributed by atoms with Crippen molar-refractivity contribution in [2.45, 2.75) is 26.5 Å². The molecule has 0 aliphatic rings. The number of likely N-dealkylation sites (N-methyl/N-ethyl adjacent to an activating group) is 1. The van der Waals surface area contributed by atoms with E-state index in [0.29, 0.717) is 44.2 Å². The van der Waals surface area contributed by atoms with Crippen molar-refractivity contribution in [3.8, 4) is 22.8 Å². The molecule has 9 heteroatoms. The zero-order valence-electron chi connectivity index (χ0n) is 20.4. The van der Waals surface area contributed by atoms with Crippen LogP contribution < -0.4 is 20.5 Å². The van der Waals surface area contributed by atoms with Gasteiger partial charge in [-0.25, -0.2) is 4.68 Å². The molecule has 0 fully saturated rings. The Labute approximate surface area is 213 Å². The van der Waals surface area contributed by atoms with Gasteiger partial charge in [-0.1, -0.05) is 23.7 Å². The van der Waals surface area contributed by atoms with Gasteiger partial charge in [0.2, 0.25) is 5.91 Å². The van der Waals surface area contributed by atoms with Gasteiger partial charge in [-0.15, -0.1) is 0 Å². The average Bonchev–Trinajstić information content (AvgIpc) is 2.85. The predicted molar refractivity (Wildman–Crippen MR) is 143 cm³/mol. The molecule has 0 saturated heterocycles. The lowest BCUT2D eigenvalue weighted by molar-refractivity contribution is -0.119. The number of amides is 1. The van der Waals surface area contributed by atoms with E-state index in [1.807, 2.05) is 19.9 Å². The summed E-state index contributed by atoms with van der Waals surface area (Å²) in [5.41, 5.74) is 1.84. The second-order valence-corrected chi connectivity index (χ2v) is 9.04. The maximum Gasteiger partial charge on any atom is 0.275 e. The Morgan fingerprint density at radius 2 is 1.92 bits per heavy atom. The van der Waals surface area contributed by atoms with Crippen LogP contribution >= 0.6 is 11.6 Å². The molecule has 0 aliphatic carbocycles. The molecule has 0 bridgehead atoms. The molecule has 3 aromatic carbocycles. The number of benzene rings is 3. The van der Waals surface area contributed by atoms with Crippen molar-refractivity contribution in [3.63, 3.8) is 0 Å². The minimum absolute atomic E-state index is 0.0107. The maximum absolute atomic E-state index is 13.4. The summed E-state index contributed by atoms with van der Waals surface area (Å²) in [5, 5.41) is 19.1. The van der Waals surface area contributed by atoms with E-state index in [4.69, 9.17) is 16.3 Å². The number of carbonyl (C=O) groups excluding carboxylic acids is 1. The molecule has 1 heterocycles. The molecule has 1 amide bonds. The van der Waals surface area contributed by atoms with Crippen LogP contribution in [0.15, 0.2) is 65.5 Å². The van der Waals surface area contributed by atoms with Crippen molar-refractivity contribution < 1.29 is 14.6 Å². The van der Waals surface area contributed by atoms with Gasteiger partial charge in [0.05, 0.1) is 22.9 Å².